The lowest BCUT2D eigenvalue weighted by atomic mass is 9.99. The monoisotopic (exact) mass is 364 g/mol. The Morgan fingerprint density at radius 2 is 1.36 bits per heavy atom. The molecule has 0 saturated heterocycles. The minimum Gasteiger partial charge on any atom is -0.322 e. The van der Waals surface area contributed by atoms with Crippen LogP contribution in [-0.2, 0) is 6.42 Å². The van der Waals surface area contributed by atoms with Gasteiger partial charge in [0.25, 0.3) is 5.91 Å². The number of hydrogen-bond donors (Lipinski definition) is 1. The molecule has 4 aromatic rings. The molecule has 1 amide bonds. The Balaban J connectivity index is 1.50. The predicted molar refractivity (Wildman–Crippen MR) is 113 cm³/mol. The van der Waals surface area contributed by atoms with Gasteiger partial charge in [-0.25, -0.2) is 0 Å². The maximum Gasteiger partial charge on any atom is 0.256 e. The van der Waals surface area contributed by atoms with Crippen molar-refractivity contribution in [2.75, 3.05) is 5.32 Å². The Hall–Kier alpha value is -3.72. The summed E-state index contributed by atoms with van der Waals surface area (Å²) in [6, 6.07) is 29.6. The van der Waals surface area contributed by atoms with Gasteiger partial charge in [0.05, 0.1) is 0 Å². The van der Waals surface area contributed by atoms with E-state index in [1.165, 1.54) is 11.1 Å². The van der Waals surface area contributed by atoms with Crippen LogP contribution in [0.4, 0.5) is 5.69 Å². The van der Waals surface area contributed by atoms with Crippen LogP contribution in [0.5, 0.6) is 0 Å². The third-order valence-corrected chi connectivity index (χ3v) is 4.63. The van der Waals surface area contributed by atoms with E-state index in [4.69, 9.17) is 0 Å². The van der Waals surface area contributed by atoms with Crippen LogP contribution >= 0.6 is 0 Å². The van der Waals surface area contributed by atoms with Gasteiger partial charge < -0.3 is 5.32 Å². The minimum absolute atomic E-state index is 0.110. The number of anilines is 1. The smallest absolute Gasteiger partial charge is 0.256 e. The Bertz CT molecular complexity index is 1060. The van der Waals surface area contributed by atoms with Crippen LogP contribution in [-0.4, -0.2) is 10.9 Å². The molecule has 1 heterocycles. The molecule has 0 atom stereocenters. The molecule has 1 aromatic heterocycles. The summed E-state index contributed by atoms with van der Waals surface area (Å²) in [5, 5.41) is 3.01. The number of pyridine rings is 1. The number of amides is 1. The van der Waals surface area contributed by atoms with Gasteiger partial charge in [0.15, 0.2) is 0 Å². The summed E-state index contributed by atoms with van der Waals surface area (Å²) in [5.41, 5.74) is 5.80. The van der Waals surface area contributed by atoms with Crippen molar-refractivity contribution in [2.45, 2.75) is 6.42 Å². The van der Waals surface area contributed by atoms with E-state index in [0.717, 1.165) is 23.2 Å². The molecule has 0 saturated carbocycles. The summed E-state index contributed by atoms with van der Waals surface area (Å²) in [5.74, 6) is -0.110. The second-order valence-corrected chi connectivity index (χ2v) is 6.59. The van der Waals surface area contributed by atoms with Crippen LogP contribution in [0.15, 0.2) is 103 Å². The van der Waals surface area contributed by atoms with E-state index in [0.29, 0.717) is 5.56 Å². The Morgan fingerprint density at radius 1 is 0.714 bits per heavy atom. The topological polar surface area (TPSA) is 42.0 Å². The molecule has 0 aliphatic carbocycles. The van der Waals surface area contributed by atoms with Crippen molar-refractivity contribution in [3.63, 3.8) is 0 Å². The van der Waals surface area contributed by atoms with Crippen LogP contribution in [0.1, 0.15) is 21.5 Å². The lowest BCUT2D eigenvalue weighted by Crippen LogP contribution is -2.13. The quantitative estimate of drug-likeness (QED) is 0.501. The van der Waals surface area contributed by atoms with Gasteiger partial charge in [-0.15, -0.1) is 0 Å². The van der Waals surface area contributed by atoms with Gasteiger partial charge in [-0.1, -0.05) is 60.7 Å². The van der Waals surface area contributed by atoms with Crippen molar-refractivity contribution < 1.29 is 4.79 Å². The fourth-order valence-corrected chi connectivity index (χ4v) is 3.19. The van der Waals surface area contributed by atoms with E-state index in [-0.39, 0.29) is 5.91 Å². The number of nitrogens with zero attached hydrogens (tertiary/aromatic N) is 1. The molecule has 0 bridgehead atoms. The summed E-state index contributed by atoms with van der Waals surface area (Å²) in [4.78, 5) is 16.9. The molecule has 0 aliphatic rings. The summed E-state index contributed by atoms with van der Waals surface area (Å²) < 4.78 is 0. The molecule has 3 nitrogen and oxygen atoms in total. The number of nitrogens with one attached hydrogen (secondary N) is 1. The first kappa shape index (κ1) is 17.7. The molecule has 136 valence electrons. The first-order chi connectivity index (χ1) is 13.8. The zero-order valence-corrected chi connectivity index (χ0v) is 15.4. The highest BCUT2D eigenvalue weighted by molar-refractivity contribution is 6.08. The fraction of sp³-hybridized carbons (Fsp3) is 0.0400. The Morgan fingerprint density at radius 3 is 2.11 bits per heavy atom. The van der Waals surface area contributed by atoms with Gasteiger partial charge in [-0.3, -0.25) is 9.78 Å². The van der Waals surface area contributed by atoms with E-state index in [1.807, 2.05) is 91.0 Å². The summed E-state index contributed by atoms with van der Waals surface area (Å²) >= 11 is 0. The van der Waals surface area contributed by atoms with Gasteiger partial charge in [-0.2, -0.15) is 0 Å². The van der Waals surface area contributed by atoms with Crippen LogP contribution < -0.4 is 5.32 Å². The molecule has 0 fully saturated rings. The molecular weight excluding hydrogens is 344 g/mol. The number of rotatable bonds is 5. The third-order valence-electron chi connectivity index (χ3n) is 4.63. The zero-order valence-electron chi connectivity index (χ0n) is 15.4. The average Bonchev–Trinajstić information content (AvgIpc) is 2.76. The highest BCUT2D eigenvalue weighted by Crippen LogP contribution is 2.24. The highest BCUT2D eigenvalue weighted by atomic mass is 16.1. The van der Waals surface area contributed by atoms with E-state index in [9.17, 15) is 4.79 Å². The Labute approximate surface area is 164 Å². The number of carbonyl (C=O) groups is 1. The number of benzene rings is 3. The second-order valence-electron chi connectivity index (χ2n) is 6.59. The van der Waals surface area contributed by atoms with Crippen molar-refractivity contribution in [1.29, 1.82) is 0 Å². The summed E-state index contributed by atoms with van der Waals surface area (Å²) in [6.07, 6.45) is 4.44. The zero-order chi connectivity index (χ0) is 19.2. The van der Waals surface area contributed by atoms with Gasteiger partial charge in [0.2, 0.25) is 0 Å². The van der Waals surface area contributed by atoms with Crippen LogP contribution in [0.25, 0.3) is 11.1 Å². The molecule has 0 unspecified atom stereocenters. The Kier molecular flexibility index (Phi) is 5.25. The van der Waals surface area contributed by atoms with E-state index >= 15 is 0 Å². The van der Waals surface area contributed by atoms with E-state index in [1.54, 1.807) is 12.4 Å². The van der Waals surface area contributed by atoms with Crippen molar-refractivity contribution in [3.05, 3.63) is 120 Å². The average molecular weight is 364 g/mol. The minimum atomic E-state index is -0.110. The summed E-state index contributed by atoms with van der Waals surface area (Å²) in [6.45, 7) is 0. The molecule has 0 radical (unpaired) electrons. The fourth-order valence-electron chi connectivity index (χ4n) is 3.19. The largest absolute Gasteiger partial charge is 0.322 e. The first-order valence-corrected chi connectivity index (χ1v) is 9.23. The molecular formula is C25H20N2O. The SMILES string of the molecule is O=C(Nc1ccc(Cc2ccncc2)cc1)c1ccccc1-c1ccccc1. The maximum atomic E-state index is 12.9. The highest BCUT2D eigenvalue weighted by Gasteiger charge is 2.12. The molecule has 0 spiro atoms. The van der Waals surface area contributed by atoms with Crippen LogP contribution in [0.3, 0.4) is 0 Å². The molecule has 3 aromatic carbocycles. The first-order valence-electron chi connectivity index (χ1n) is 9.23. The summed E-state index contributed by atoms with van der Waals surface area (Å²) in [7, 11) is 0. The van der Waals surface area contributed by atoms with E-state index < -0.39 is 0 Å². The van der Waals surface area contributed by atoms with Gasteiger partial charge in [0.1, 0.15) is 0 Å². The molecule has 4 rings (SSSR count). The maximum absolute atomic E-state index is 12.9. The van der Waals surface area contributed by atoms with Gasteiger partial charge in [-0.05, 0) is 59.0 Å². The van der Waals surface area contributed by atoms with E-state index in [2.05, 4.69) is 10.3 Å². The van der Waals surface area contributed by atoms with Crippen molar-refractivity contribution in [1.82, 2.24) is 4.98 Å². The van der Waals surface area contributed by atoms with Crippen LogP contribution in [0.2, 0.25) is 0 Å². The van der Waals surface area contributed by atoms with Crippen LogP contribution in [0, 0.1) is 0 Å². The number of hydrogen-bond acceptors (Lipinski definition) is 2. The second kappa shape index (κ2) is 8.31. The normalized spacial score (nSPS) is 10.4. The lowest BCUT2D eigenvalue weighted by Gasteiger charge is -2.11. The van der Waals surface area contributed by atoms with Gasteiger partial charge in [0, 0.05) is 23.6 Å². The van der Waals surface area contributed by atoms with Crippen molar-refractivity contribution >= 4 is 11.6 Å². The predicted octanol–water partition coefficient (Wildman–Crippen LogP) is 5.59. The standard InChI is InChI=1S/C25H20N2O/c28-25(24-9-5-4-8-23(24)21-6-2-1-3-7-21)27-22-12-10-19(11-13-22)18-20-14-16-26-17-15-20/h1-17H,18H2,(H,27,28). The van der Waals surface area contributed by atoms with Crippen molar-refractivity contribution in [2.24, 2.45) is 0 Å². The number of carbonyl (C=O) groups excluding carboxylic acids is 1. The molecule has 1 N–H and O–H groups in total. The molecule has 0 aliphatic heterocycles. The van der Waals surface area contributed by atoms with Crippen molar-refractivity contribution in [3.8, 4) is 11.1 Å². The third kappa shape index (κ3) is 4.15. The molecule has 3 heteroatoms. The number of aromatic nitrogens is 1. The lowest BCUT2D eigenvalue weighted by molar-refractivity contribution is 0.102. The van der Waals surface area contributed by atoms with Gasteiger partial charge >= 0.3 is 0 Å². The molecule has 28 heavy (non-hydrogen) atoms.